The van der Waals surface area contributed by atoms with Gasteiger partial charge in [0.15, 0.2) is 0 Å². The molecule has 0 amide bonds. The first-order valence-electron chi connectivity index (χ1n) is 5.98. The lowest BCUT2D eigenvalue weighted by molar-refractivity contribution is 0.501. The van der Waals surface area contributed by atoms with E-state index in [2.05, 4.69) is 46.9 Å². The molecule has 0 saturated heterocycles. The van der Waals surface area contributed by atoms with Crippen molar-refractivity contribution in [2.45, 2.75) is 45.7 Å². The number of aryl methyl sites for hydroxylation is 2. The van der Waals surface area contributed by atoms with Crippen molar-refractivity contribution in [1.82, 2.24) is 15.2 Å². The Balaban J connectivity index is 2.94. The molecule has 1 rings (SSSR count). The van der Waals surface area contributed by atoms with Crippen molar-refractivity contribution >= 4 is 15.9 Å². The minimum Gasteiger partial charge on any atom is -0.271 e. The molecule has 0 radical (unpaired) electrons. The predicted octanol–water partition coefficient (Wildman–Crippen LogP) is 2.18. The second-order valence-corrected chi connectivity index (χ2v) is 4.76. The summed E-state index contributed by atoms with van der Waals surface area (Å²) in [6.45, 7) is 8.83. The average molecular weight is 301 g/mol. The highest BCUT2D eigenvalue weighted by Gasteiger charge is 2.17. The molecule has 96 valence electrons. The van der Waals surface area contributed by atoms with Gasteiger partial charge in [-0.2, -0.15) is 5.10 Å². The van der Waals surface area contributed by atoms with E-state index in [0.29, 0.717) is 0 Å². The first kappa shape index (κ1) is 14.4. The van der Waals surface area contributed by atoms with Crippen LogP contribution in [0.5, 0.6) is 0 Å². The number of hydrogen-bond donors (Lipinski definition) is 2. The molecule has 17 heavy (non-hydrogen) atoms. The summed E-state index contributed by atoms with van der Waals surface area (Å²) in [6, 6.07) is 0.204. The number of nitrogens with zero attached hydrogens (tertiary/aromatic N) is 2. The summed E-state index contributed by atoms with van der Waals surface area (Å²) in [7, 11) is 0. The summed E-state index contributed by atoms with van der Waals surface area (Å²) in [5.41, 5.74) is 5.13. The molecule has 0 aliphatic rings. The van der Waals surface area contributed by atoms with Crippen LogP contribution in [0.1, 0.15) is 31.7 Å². The van der Waals surface area contributed by atoms with Crippen LogP contribution in [0.25, 0.3) is 0 Å². The van der Waals surface area contributed by atoms with Gasteiger partial charge in [0.05, 0.1) is 15.9 Å². The molecule has 0 aliphatic heterocycles. The van der Waals surface area contributed by atoms with Crippen LogP contribution in [0, 0.1) is 0 Å². The van der Waals surface area contributed by atoms with E-state index in [1.54, 1.807) is 0 Å². The van der Waals surface area contributed by atoms with Crippen molar-refractivity contribution in [1.29, 1.82) is 0 Å². The fraction of sp³-hybridized carbons (Fsp3) is 0.583. The smallest absolute Gasteiger partial charge is 0.0766 e. The maximum atomic E-state index is 5.54. The van der Waals surface area contributed by atoms with Gasteiger partial charge >= 0.3 is 0 Å². The van der Waals surface area contributed by atoms with Crippen molar-refractivity contribution in [2.75, 3.05) is 0 Å². The molecule has 0 bridgehead atoms. The normalized spacial score (nSPS) is 12.7. The predicted molar refractivity (Wildman–Crippen MR) is 74.6 cm³/mol. The van der Waals surface area contributed by atoms with Crippen LogP contribution in [0.4, 0.5) is 0 Å². The molecular formula is C12H21BrN4. The van der Waals surface area contributed by atoms with Crippen molar-refractivity contribution in [3.8, 4) is 0 Å². The summed E-state index contributed by atoms with van der Waals surface area (Å²) < 4.78 is 3.15. The zero-order valence-electron chi connectivity index (χ0n) is 10.5. The Kier molecular flexibility index (Phi) is 5.88. The molecule has 1 aromatic rings. The first-order chi connectivity index (χ1) is 8.17. The van der Waals surface area contributed by atoms with Crippen LogP contribution in [-0.2, 0) is 19.4 Å². The maximum absolute atomic E-state index is 5.54. The molecule has 0 saturated carbocycles. The molecule has 1 heterocycles. The molecule has 4 nitrogen and oxygen atoms in total. The molecule has 0 fully saturated rings. The Bertz CT molecular complexity index is 373. The standard InChI is InChI=1S/C12H21BrN4/c1-4-7-9(15-14)8-11-12(13)10(5-2)16-17(11)6-3/h4,9,15H,1,5-8,14H2,2-3H3. The lowest BCUT2D eigenvalue weighted by Crippen LogP contribution is -2.37. The van der Waals surface area contributed by atoms with Crippen molar-refractivity contribution in [2.24, 2.45) is 5.84 Å². The van der Waals surface area contributed by atoms with E-state index in [4.69, 9.17) is 5.84 Å². The number of hydrogen-bond acceptors (Lipinski definition) is 3. The van der Waals surface area contributed by atoms with Crippen molar-refractivity contribution in [3.63, 3.8) is 0 Å². The van der Waals surface area contributed by atoms with Gasteiger partial charge in [0.1, 0.15) is 0 Å². The van der Waals surface area contributed by atoms with Gasteiger partial charge in [-0.3, -0.25) is 16.0 Å². The number of nitrogens with one attached hydrogen (secondary N) is 1. The van der Waals surface area contributed by atoms with Crippen LogP contribution < -0.4 is 11.3 Å². The topological polar surface area (TPSA) is 55.9 Å². The molecule has 0 aromatic carbocycles. The zero-order chi connectivity index (χ0) is 12.8. The van der Waals surface area contributed by atoms with Crippen LogP contribution >= 0.6 is 15.9 Å². The van der Waals surface area contributed by atoms with E-state index in [1.807, 2.05) is 10.8 Å². The number of halogens is 1. The third kappa shape index (κ3) is 3.40. The second-order valence-electron chi connectivity index (χ2n) is 3.97. The van der Waals surface area contributed by atoms with Gasteiger partial charge in [0, 0.05) is 19.0 Å². The Morgan fingerprint density at radius 2 is 2.29 bits per heavy atom. The van der Waals surface area contributed by atoms with E-state index in [1.165, 1.54) is 5.69 Å². The van der Waals surface area contributed by atoms with Gasteiger partial charge in [0.2, 0.25) is 0 Å². The van der Waals surface area contributed by atoms with E-state index in [9.17, 15) is 0 Å². The second kappa shape index (κ2) is 6.93. The van der Waals surface area contributed by atoms with E-state index < -0.39 is 0 Å². The molecule has 5 heteroatoms. The molecule has 1 aromatic heterocycles. The summed E-state index contributed by atoms with van der Waals surface area (Å²) in [5, 5.41) is 4.57. The summed E-state index contributed by atoms with van der Waals surface area (Å²) in [6.07, 6.45) is 4.51. The van der Waals surface area contributed by atoms with Crippen LogP contribution in [0.15, 0.2) is 17.1 Å². The minimum atomic E-state index is 0.204. The SMILES string of the molecule is C=CCC(Cc1c(Br)c(CC)nn1CC)NN. The van der Waals surface area contributed by atoms with E-state index in [0.717, 1.165) is 36.0 Å². The third-order valence-electron chi connectivity index (χ3n) is 2.82. The minimum absolute atomic E-state index is 0.204. The first-order valence-corrected chi connectivity index (χ1v) is 6.78. The Morgan fingerprint density at radius 3 is 2.76 bits per heavy atom. The molecule has 0 aliphatic carbocycles. The Morgan fingerprint density at radius 1 is 1.59 bits per heavy atom. The Labute approximate surface area is 111 Å². The number of rotatable bonds is 7. The molecular weight excluding hydrogens is 280 g/mol. The monoisotopic (exact) mass is 300 g/mol. The van der Waals surface area contributed by atoms with E-state index in [-0.39, 0.29) is 6.04 Å². The largest absolute Gasteiger partial charge is 0.271 e. The number of aromatic nitrogens is 2. The van der Waals surface area contributed by atoms with Gasteiger partial charge in [-0.25, -0.2) is 0 Å². The highest BCUT2D eigenvalue weighted by atomic mass is 79.9. The van der Waals surface area contributed by atoms with Gasteiger partial charge in [-0.05, 0) is 35.7 Å². The third-order valence-corrected chi connectivity index (χ3v) is 3.74. The van der Waals surface area contributed by atoms with Gasteiger partial charge in [0.25, 0.3) is 0 Å². The fourth-order valence-electron chi connectivity index (χ4n) is 1.86. The number of nitrogens with two attached hydrogens (primary N) is 1. The van der Waals surface area contributed by atoms with Crippen molar-refractivity contribution < 1.29 is 0 Å². The van der Waals surface area contributed by atoms with Gasteiger partial charge < -0.3 is 0 Å². The average Bonchev–Trinajstić information content (AvgIpc) is 2.65. The summed E-state index contributed by atoms with van der Waals surface area (Å²) in [5.74, 6) is 5.54. The Hall–Kier alpha value is -0.650. The zero-order valence-corrected chi connectivity index (χ0v) is 12.1. The molecule has 1 atom stereocenters. The van der Waals surface area contributed by atoms with Gasteiger partial charge in [-0.1, -0.05) is 13.0 Å². The van der Waals surface area contributed by atoms with Crippen LogP contribution in [-0.4, -0.2) is 15.8 Å². The molecule has 3 N–H and O–H groups in total. The highest BCUT2D eigenvalue weighted by Crippen LogP contribution is 2.23. The summed E-state index contributed by atoms with van der Waals surface area (Å²) in [4.78, 5) is 0. The summed E-state index contributed by atoms with van der Waals surface area (Å²) >= 11 is 3.63. The number of hydrazine groups is 1. The van der Waals surface area contributed by atoms with E-state index >= 15 is 0 Å². The van der Waals surface area contributed by atoms with Crippen LogP contribution in [0.3, 0.4) is 0 Å². The lowest BCUT2D eigenvalue weighted by Gasteiger charge is -2.14. The van der Waals surface area contributed by atoms with Gasteiger partial charge in [-0.15, -0.1) is 6.58 Å². The highest BCUT2D eigenvalue weighted by molar-refractivity contribution is 9.10. The van der Waals surface area contributed by atoms with Crippen LogP contribution in [0.2, 0.25) is 0 Å². The maximum Gasteiger partial charge on any atom is 0.0766 e. The quantitative estimate of drug-likeness (QED) is 0.461. The van der Waals surface area contributed by atoms with Crippen molar-refractivity contribution in [3.05, 3.63) is 28.5 Å². The fourth-order valence-corrected chi connectivity index (χ4v) is 2.58. The molecule has 1 unspecified atom stereocenters. The lowest BCUT2D eigenvalue weighted by atomic mass is 10.1. The molecule has 0 spiro atoms.